The quantitative estimate of drug-likeness (QED) is 0.663. The van der Waals surface area contributed by atoms with Crippen molar-refractivity contribution in [3.63, 3.8) is 0 Å². The average molecular weight is 273 g/mol. The molecule has 2 aromatic carbocycles. The molecule has 0 aliphatic heterocycles. The summed E-state index contributed by atoms with van der Waals surface area (Å²) in [5, 5.41) is 8.83. The van der Waals surface area contributed by atoms with E-state index >= 15 is 0 Å². The summed E-state index contributed by atoms with van der Waals surface area (Å²) in [6.45, 7) is 0. The maximum Gasteiger partial charge on any atom is 0.275 e. The molecular weight excluding hydrogens is 258 g/mol. The Labute approximate surface area is 116 Å². The molecule has 0 saturated carbocycles. The van der Waals surface area contributed by atoms with Crippen LogP contribution in [0.25, 0.3) is 11.1 Å². The molecule has 0 spiro atoms. The summed E-state index contributed by atoms with van der Waals surface area (Å²) in [5.41, 5.74) is 3.36. The number of nitrogens with one attached hydrogen (secondary N) is 1. The fraction of sp³-hybridized carbons (Fsp3) is 0.133. The first-order valence-corrected chi connectivity index (χ1v) is 5.97. The Hall–Kier alpha value is -2.53. The van der Waals surface area contributed by atoms with E-state index in [1.165, 1.54) is 7.11 Å². The van der Waals surface area contributed by atoms with Gasteiger partial charge < -0.3 is 9.47 Å². The predicted molar refractivity (Wildman–Crippen MR) is 74.2 cm³/mol. The van der Waals surface area contributed by atoms with Crippen molar-refractivity contribution in [1.82, 2.24) is 5.48 Å². The smallest absolute Gasteiger partial charge is 0.275 e. The zero-order chi connectivity index (χ0) is 14.5. The highest BCUT2D eigenvalue weighted by Gasteiger charge is 2.17. The number of hydrogen-bond donors (Lipinski definition) is 2. The van der Waals surface area contributed by atoms with Crippen LogP contribution in [0.5, 0.6) is 11.5 Å². The Bertz CT molecular complexity index is 625. The summed E-state index contributed by atoms with van der Waals surface area (Å²) in [6, 6.07) is 12.3. The standard InChI is InChI=1S/C15H15NO4/c1-19-13-9-5-8-11(14(13)20-2)10-6-3-4-7-12(10)15(17)16-18/h3-9,18H,1-2H3,(H,16,17). The summed E-state index contributed by atoms with van der Waals surface area (Å²) >= 11 is 0. The van der Waals surface area contributed by atoms with Crippen molar-refractivity contribution in [1.29, 1.82) is 0 Å². The van der Waals surface area contributed by atoms with Crippen LogP contribution in [0.15, 0.2) is 42.5 Å². The Balaban J connectivity index is 2.66. The largest absolute Gasteiger partial charge is 0.493 e. The number of ether oxygens (including phenoxy) is 2. The van der Waals surface area contributed by atoms with Crippen molar-refractivity contribution in [2.75, 3.05) is 14.2 Å². The van der Waals surface area contributed by atoms with Crippen LogP contribution in [0.4, 0.5) is 0 Å². The molecule has 104 valence electrons. The average Bonchev–Trinajstić information content (AvgIpc) is 2.53. The maximum atomic E-state index is 11.7. The van der Waals surface area contributed by atoms with Crippen molar-refractivity contribution in [2.24, 2.45) is 0 Å². The molecule has 0 unspecified atom stereocenters. The number of amides is 1. The molecule has 5 nitrogen and oxygen atoms in total. The van der Waals surface area contributed by atoms with Crippen molar-refractivity contribution in [3.05, 3.63) is 48.0 Å². The lowest BCUT2D eigenvalue weighted by Crippen LogP contribution is -2.19. The van der Waals surface area contributed by atoms with Gasteiger partial charge in [-0.3, -0.25) is 10.0 Å². The molecule has 0 saturated heterocycles. The van der Waals surface area contributed by atoms with Gasteiger partial charge in [-0.1, -0.05) is 30.3 Å². The van der Waals surface area contributed by atoms with E-state index in [4.69, 9.17) is 14.7 Å². The molecule has 0 atom stereocenters. The molecule has 0 aliphatic rings. The number of benzene rings is 2. The molecular formula is C15H15NO4. The number of methoxy groups -OCH3 is 2. The van der Waals surface area contributed by atoms with Gasteiger partial charge in [-0.15, -0.1) is 0 Å². The van der Waals surface area contributed by atoms with Crippen molar-refractivity contribution < 1.29 is 19.5 Å². The van der Waals surface area contributed by atoms with Crippen LogP contribution >= 0.6 is 0 Å². The third-order valence-corrected chi connectivity index (χ3v) is 2.97. The summed E-state index contributed by atoms with van der Waals surface area (Å²) in [4.78, 5) is 11.7. The monoisotopic (exact) mass is 273 g/mol. The second-order valence-electron chi connectivity index (χ2n) is 4.03. The highest BCUT2D eigenvalue weighted by atomic mass is 16.5. The molecule has 2 N–H and O–H groups in total. The fourth-order valence-electron chi connectivity index (χ4n) is 2.08. The lowest BCUT2D eigenvalue weighted by molar-refractivity contribution is 0.0707. The van der Waals surface area contributed by atoms with E-state index in [-0.39, 0.29) is 0 Å². The van der Waals surface area contributed by atoms with Gasteiger partial charge in [0.2, 0.25) is 0 Å². The number of rotatable bonds is 4. The summed E-state index contributed by atoms with van der Waals surface area (Å²) in [6.07, 6.45) is 0. The molecule has 2 aromatic rings. The molecule has 2 rings (SSSR count). The highest BCUT2D eigenvalue weighted by molar-refractivity contribution is 6.01. The Morgan fingerprint density at radius 1 is 1.00 bits per heavy atom. The zero-order valence-electron chi connectivity index (χ0n) is 11.2. The Morgan fingerprint density at radius 3 is 2.35 bits per heavy atom. The molecule has 0 aliphatic carbocycles. The van der Waals surface area contributed by atoms with Gasteiger partial charge in [0.15, 0.2) is 11.5 Å². The molecule has 5 heteroatoms. The van der Waals surface area contributed by atoms with Crippen LogP contribution in [-0.4, -0.2) is 25.3 Å². The number of hydrogen-bond acceptors (Lipinski definition) is 4. The minimum Gasteiger partial charge on any atom is -0.493 e. The van der Waals surface area contributed by atoms with Gasteiger partial charge in [-0.25, -0.2) is 5.48 Å². The zero-order valence-corrected chi connectivity index (χ0v) is 11.2. The SMILES string of the molecule is COc1cccc(-c2ccccc2C(=O)NO)c1OC. The molecule has 0 radical (unpaired) electrons. The number of carbonyl (C=O) groups is 1. The summed E-state index contributed by atoms with van der Waals surface area (Å²) < 4.78 is 10.6. The summed E-state index contributed by atoms with van der Waals surface area (Å²) in [5.74, 6) is 0.530. The van der Waals surface area contributed by atoms with E-state index in [1.807, 2.05) is 18.2 Å². The first kappa shape index (κ1) is 13.9. The second-order valence-corrected chi connectivity index (χ2v) is 4.03. The number of para-hydroxylation sites is 1. The van der Waals surface area contributed by atoms with Crippen LogP contribution in [0.1, 0.15) is 10.4 Å². The molecule has 0 fully saturated rings. The normalized spacial score (nSPS) is 9.95. The van der Waals surface area contributed by atoms with Crippen LogP contribution < -0.4 is 15.0 Å². The van der Waals surface area contributed by atoms with Crippen LogP contribution in [0.2, 0.25) is 0 Å². The lowest BCUT2D eigenvalue weighted by Gasteiger charge is -2.14. The highest BCUT2D eigenvalue weighted by Crippen LogP contribution is 2.39. The van der Waals surface area contributed by atoms with Crippen molar-refractivity contribution >= 4 is 5.91 Å². The minimum absolute atomic E-state index is 0.349. The minimum atomic E-state index is -0.578. The van der Waals surface area contributed by atoms with Crippen LogP contribution in [0.3, 0.4) is 0 Å². The number of hydroxylamine groups is 1. The number of carbonyl (C=O) groups excluding carboxylic acids is 1. The maximum absolute atomic E-state index is 11.7. The molecule has 0 aromatic heterocycles. The van der Waals surface area contributed by atoms with E-state index in [9.17, 15) is 4.79 Å². The molecule has 0 heterocycles. The molecule has 1 amide bonds. The van der Waals surface area contributed by atoms with Gasteiger partial charge in [0.05, 0.1) is 14.2 Å². The third-order valence-electron chi connectivity index (χ3n) is 2.97. The van der Waals surface area contributed by atoms with Gasteiger partial charge in [0, 0.05) is 11.1 Å². The second kappa shape index (κ2) is 6.08. The van der Waals surface area contributed by atoms with Gasteiger partial charge in [0.25, 0.3) is 5.91 Å². The van der Waals surface area contributed by atoms with Gasteiger partial charge >= 0.3 is 0 Å². The topological polar surface area (TPSA) is 67.8 Å². The van der Waals surface area contributed by atoms with E-state index in [1.54, 1.807) is 36.9 Å². The van der Waals surface area contributed by atoms with Gasteiger partial charge in [-0.2, -0.15) is 0 Å². The van der Waals surface area contributed by atoms with Crippen LogP contribution in [-0.2, 0) is 0 Å². The van der Waals surface area contributed by atoms with Gasteiger partial charge in [-0.05, 0) is 17.7 Å². The first-order chi connectivity index (χ1) is 9.72. The van der Waals surface area contributed by atoms with E-state index in [2.05, 4.69) is 0 Å². The van der Waals surface area contributed by atoms with Crippen LogP contribution in [0, 0.1) is 0 Å². The van der Waals surface area contributed by atoms with E-state index in [0.29, 0.717) is 28.2 Å². The fourth-order valence-corrected chi connectivity index (χ4v) is 2.08. The third kappa shape index (κ3) is 2.44. The van der Waals surface area contributed by atoms with Gasteiger partial charge in [0.1, 0.15) is 0 Å². The molecule has 0 bridgehead atoms. The Morgan fingerprint density at radius 2 is 1.70 bits per heavy atom. The van der Waals surface area contributed by atoms with E-state index < -0.39 is 5.91 Å². The molecule has 20 heavy (non-hydrogen) atoms. The lowest BCUT2D eigenvalue weighted by atomic mass is 9.98. The predicted octanol–water partition coefficient (Wildman–Crippen LogP) is 2.49. The summed E-state index contributed by atoms with van der Waals surface area (Å²) in [7, 11) is 3.09. The van der Waals surface area contributed by atoms with Crippen molar-refractivity contribution in [3.8, 4) is 22.6 Å². The van der Waals surface area contributed by atoms with Crippen molar-refractivity contribution in [2.45, 2.75) is 0 Å². The first-order valence-electron chi connectivity index (χ1n) is 5.97. The van der Waals surface area contributed by atoms with E-state index in [0.717, 1.165) is 0 Å². The Kier molecular flexibility index (Phi) is 4.22.